The molecular weight excluding hydrogens is 439 g/mol. The van der Waals surface area contributed by atoms with E-state index in [1.807, 2.05) is 20.8 Å². The smallest absolute Gasteiger partial charge is 0.178 e. The van der Waals surface area contributed by atoms with Crippen LogP contribution in [0.5, 0.6) is 0 Å². The fourth-order valence-electron chi connectivity index (χ4n) is 7.77. The van der Waals surface area contributed by atoms with Crippen LogP contribution in [0.3, 0.4) is 0 Å². The second-order valence-corrected chi connectivity index (χ2v) is 10.5. The van der Waals surface area contributed by atoms with E-state index in [0.717, 1.165) is 5.57 Å². The number of hydrogen-bond donors (Lipinski definition) is 1. The van der Waals surface area contributed by atoms with E-state index >= 15 is 4.39 Å². The molecular formula is C23H30BrFO4. The predicted molar refractivity (Wildman–Crippen MR) is 111 cm³/mol. The number of ether oxygens (including phenoxy) is 1. The van der Waals surface area contributed by atoms with Crippen LogP contribution < -0.4 is 0 Å². The first kappa shape index (κ1) is 21.4. The first-order valence-electron chi connectivity index (χ1n) is 10.5. The third kappa shape index (κ3) is 2.31. The molecule has 3 fully saturated rings. The Morgan fingerprint density at radius 2 is 2.07 bits per heavy atom. The van der Waals surface area contributed by atoms with Gasteiger partial charge in [-0.25, -0.2) is 4.39 Å². The van der Waals surface area contributed by atoms with Crippen molar-refractivity contribution >= 4 is 27.5 Å². The van der Waals surface area contributed by atoms with Crippen molar-refractivity contribution in [3.05, 3.63) is 23.8 Å². The quantitative estimate of drug-likeness (QED) is 0.636. The summed E-state index contributed by atoms with van der Waals surface area (Å²) in [4.78, 5) is 25.0. The van der Waals surface area contributed by atoms with Crippen molar-refractivity contribution in [3.63, 3.8) is 0 Å². The summed E-state index contributed by atoms with van der Waals surface area (Å²) in [6, 6.07) is 0. The molecule has 0 aliphatic heterocycles. The van der Waals surface area contributed by atoms with Gasteiger partial charge in [0, 0.05) is 23.9 Å². The number of ketones is 2. The Morgan fingerprint density at radius 1 is 1.38 bits per heavy atom. The van der Waals surface area contributed by atoms with Crippen LogP contribution in [0.4, 0.5) is 4.39 Å². The minimum absolute atomic E-state index is 0.0400. The largest absolute Gasteiger partial charge is 0.390 e. The summed E-state index contributed by atoms with van der Waals surface area (Å²) >= 11 is 3.31. The van der Waals surface area contributed by atoms with Crippen molar-refractivity contribution in [2.75, 3.05) is 12.4 Å². The summed E-state index contributed by atoms with van der Waals surface area (Å²) in [7, 11) is 1.56. The third-order valence-electron chi connectivity index (χ3n) is 9.04. The van der Waals surface area contributed by atoms with E-state index in [1.54, 1.807) is 19.3 Å². The molecule has 0 aromatic heterocycles. The van der Waals surface area contributed by atoms with Crippen molar-refractivity contribution in [2.24, 2.45) is 28.6 Å². The van der Waals surface area contributed by atoms with Crippen molar-refractivity contribution < 1.29 is 23.8 Å². The molecule has 1 N–H and O–H groups in total. The van der Waals surface area contributed by atoms with Crippen LogP contribution in [0.15, 0.2) is 23.8 Å². The number of alkyl halides is 2. The molecule has 0 radical (unpaired) electrons. The zero-order valence-electron chi connectivity index (χ0n) is 17.5. The van der Waals surface area contributed by atoms with E-state index in [4.69, 9.17) is 4.74 Å². The maximum Gasteiger partial charge on any atom is 0.178 e. The molecule has 4 aliphatic rings. The number of methoxy groups -OCH3 is 1. The number of halogens is 2. The van der Waals surface area contributed by atoms with Gasteiger partial charge in [-0.05, 0) is 56.6 Å². The normalized spacial score (nSPS) is 51.1. The molecule has 4 aliphatic carbocycles. The molecule has 0 bridgehead atoms. The van der Waals surface area contributed by atoms with Crippen LogP contribution in [0.1, 0.15) is 46.5 Å². The van der Waals surface area contributed by atoms with E-state index in [-0.39, 0.29) is 35.2 Å². The van der Waals surface area contributed by atoms with Gasteiger partial charge in [-0.3, -0.25) is 9.59 Å². The van der Waals surface area contributed by atoms with Crippen LogP contribution in [0, 0.1) is 28.6 Å². The van der Waals surface area contributed by atoms with Gasteiger partial charge in [-0.15, -0.1) is 0 Å². The number of allylic oxidation sites excluding steroid dienone is 4. The summed E-state index contributed by atoms with van der Waals surface area (Å²) in [6.45, 7) is 5.82. The minimum Gasteiger partial charge on any atom is -0.390 e. The summed E-state index contributed by atoms with van der Waals surface area (Å²) in [5.41, 5.74) is -3.81. The Morgan fingerprint density at radius 3 is 2.69 bits per heavy atom. The van der Waals surface area contributed by atoms with Gasteiger partial charge in [-0.1, -0.05) is 41.4 Å². The standard InChI is InChI=1S/C23H30BrFO4/c1-13-9-17-16-6-5-14-10-15(26)7-8-20(14,2)22(16,25)18(27)11-21(17,3)23(13,29-4)19(28)12-24/h7-8,10,13,16-18,27H,5-6,9,11-12H2,1-4H3/t13-,16+,17+,18+,20+,21+,22+,23+/m1/s1. The van der Waals surface area contributed by atoms with Gasteiger partial charge in [0.1, 0.15) is 5.60 Å². The third-order valence-corrected chi connectivity index (χ3v) is 9.55. The van der Waals surface area contributed by atoms with Gasteiger partial charge < -0.3 is 9.84 Å². The summed E-state index contributed by atoms with van der Waals surface area (Å²) in [5, 5.41) is 11.5. The fraction of sp³-hybridized carbons (Fsp3) is 0.739. The number of fused-ring (bicyclic) bond motifs is 5. The second-order valence-electron chi connectivity index (χ2n) is 9.90. The molecule has 3 saturated carbocycles. The summed E-state index contributed by atoms with van der Waals surface area (Å²) in [6.07, 6.45) is 5.42. The molecule has 160 valence electrons. The van der Waals surface area contributed by atoms with Crippen molar-refractivity contribution in [2.45, 2.75) is 63.8 Å². The molecule has 0 heterocycles. The fourth-order valence-corrected chi connectivity index (χ4v) is 8.19. The molecule has 0 aromatic rings. The molecule has 29 heavy (non-hydrogen) atoms. The van der Waals surface area contributed by atoms with Crippen LogP contribution in [0.2, 0.25) is 0 Å². The Bertz CT molecular complexity index is 824. The lowest BCUT2D eigenvalue weighted by atomic mass is 9.44. The maximum atomic E-state index is 17.0. The Kier molecular flexibility index (Phi) is 4.85. The van der Waals surface area contributed by atoms with Crippen LogP contribution in [-0.2, 0) is 14.3 Å². The molecule has 4 rings (SSSR count). The predicted octanol–water partition coefficient (Wildman–Crippen LogP) is 3.95. The molecule has 8 atom stereocenters. The highest BCUT2D eigenvalue weighted by atomic mass is 79.9. The van der Waals surface area contributed by atoms with Gasteiger partial charge in [0.05, 0.1) is 11.4 Å². The van der Waals surface area contributed by atoms with Crippen LogP contribution in [-0.4, -0.2) is 46.5 Å². The zero-order valence-corrected chi connectivity index (χ0v) is 19.1. The molecule has 6 heteroatoms. The zero-order chi connectivity index (χ0) is 21.4. The van der Waals surface area contributed by atoms with E-state index < -0.39 is 34.1 Å². The number of hydrogen-bond acceptors (Lipinski definition) is 4. The van der Waals surface area contributed by atoms with E-state index in [9.17, 15) is 14.7 Å². The van der Waals surface area contributed by atoms with Crippen LogP contribution >= 0.6 is 15.9 Å². The Labute approximate surface area is 180 Å². The van der Waals surface area contributed by atoms with Crippen molar-refractivity contribution in [1.29, 1.82) is 0 Å². The molecule has 0 amide bonds. The van der Waals surface area contributed by atoms with Gasteiger partial charge >= 0.3 is 0 Å². The highest BCUT2D eigenvalue weighted by molar-refractivity contribution is 9.09. The van der Waals surface area contributed by atoms with E-state index in [2.05, 4.69) is 15.9 Å². The number of aliphatic hydroxyl groups is 1. The Hall–Kier alpha value is -0.850. The van der Waals surface area contributed by atoms with Gasteiger partial charge in [0.2, 0.25) is 0 Å². The van der Waals surface area contributed by atoms with Crippen LogP contribution in [0.25, 0.3) is 0 Å². The monoisotopic (exact) mass is 468 g/mol. The molecule has 4 nitrogen and oxygen atoms in total. The minimum atomic E-state index is -1.88. The molecule has 0 unspecified atom stereocenters. The summed E-state index contributed by atoms with van der Waals surface area (Å²) < 4.78 is 23.0. The lowest BCUT2D eigenvalue weighted by Gasteiger charge is -2.63. The average molecular weight is 469 g/mol. The number of aliphatic hydroxyl groups excluding tert-OH is 1. The van der Waals surface area contributed by atoms with Crippen molar-refractivity contribution in [3.8, 4) is 0 Å². The number of rotatable bonds is 3. The molecule has 0 aromatic carbocycles. The summed E-state index contributed by atoms with van der Waals surface area (Å²) in [5.74, 6) is -0.722. The number of carbonyl (C=O) groups excluding carboxylic acids is 2. The van der Waals surface area contributed by atoms with Crippen molar-refractivity contribution in [1.82, 2.24) is 0 Å². The highest BCUT2D eigenvalue weighted by Gasteiger charge is 2.76. The van der Waals surface area contributed by atoms with Gasteiger partial charge in [0.15, 0.2) is 17.2 Å². The van der Waals surface area contributed by atoms with Gasteiger partial charge in [-0.2, -0.15) is 0 Å². The first-order chi connectivity index (χ1) is 13.5. The number of Topliss-reactive ketones (excluding diaryl/α,β-unsaturated/α-hetero) is 1. The topological polar surface area (TPSA) is 63.6 Å². The lowest BCUT2D eigenvalue weighted by Crippen LogP contribution is -2.69. The van der Waals surface area contributed by atoms with E-state index in [0.29, 0.717) is 19.3 Å². The molecule has 0 saturated heterocycles. The van der Waals surface area contributed by atoms with E-state index in [1.165, 1.54) is 6.08 Å². The highest BCUT2D eigenvalue weighted by Crippen LogP contribution is 2.71. The first-order valence-corrected chi connectivity index (χ1v) is 11.6. The maximum absolute atomic E-state index is 17.0. The molecule has 0 spiro atoms. The average Bonchev–Trinajstić information content (AvgIpc) is 2.90. The second kappa shape index (κ2) is 6.57. The SMILES string of the molecule is CO[C@]1(C(=O)CBr)[C@H](C)C[C@H]2[C@@H]3CCC4=CC(=O)C=C[C@]4(C)[C@@]3(F)[C@@H](O)C[C@@]21C. The lowest BCUT2D eigenvalue weighted by molar-refractivity contribution is -0.222. The number of carbonyl (C=O) groups is 2. The Balaban J connectivity index is 1.85. The van der Waals surface area contributed by atoms with Gasteiger partial charge in [0.25, 0.3) is 0 Å².